The number of hydrogen-bond acceptors (Lipinski definition) is 0. The van der Waals surface area contributed by atoms with Gasteiger partial charge in [-0.1, -0.05) is 48.0 Å². The first-order chi connectivity index (χ1) is 6.65. The Hall–Kier alpha value is -0.370. The number of hydrogen-bond donors (Lipinski definition) is 0. The number of halogens is 2. The second-order valence-corrected chi connectivity index (χ2v) is 4.87. The van der Waals surface area contributed by atoms with Gasteiger partial charge in [-0.2, -0.15) is 0 Å². The van der Waals surface area contributed by atoms with Crippen LogP contribution in [0.15, 0.2) is 24.3 Å². The van der Waals surface area contributed by atoms with Crippen molar-refractivity contribution in [3.8, 4) is 0 Å². The van der Waals surface area contributed by atoms with Crippen LogP contribution in [0.3, 0.4) is 0 Å². The summed E-state index contributed by atoms with van der Waals surface area (Å²) >= 11 is 3.60. The van der Waals surface area contributed by atoms with E-state index in [1.165, 1.54) is 6.07 Å². The molecule has 0 aliphatic rings. The average Bonchev–Trinajstić information content (AvgIpc) is 2.20. The van der Waals surface area contributed by atoms with Crippen LogP contribution in [0.2, 0.25) is 0 Å². The maximum atomic E-state index is 13.3. The molecule has 0 fully saturated rings. The van der Waals surface area contributed by atoms with Crippen LogP contribution in [0.1, 0.15) is 25.8 Å². The first kappa shape index (κ1) is 11.7. The van der Waals surface area contributed by atoms with E-state index < -0.39 is 0 Å². The van der Waals surface area contributed by atoms with E-state index >= 15 is 0 Å². The third-order valence-corrected chi connectivity index (χ3v) is 4.06. The fourth-order valence-corrected chi connectivity index (χ4v) is 1.73. The van der Waals surface area contributed by atoms with Crippen LogP contribution in [0.4, 0.5) is 4.39 Å². The molecule has 0 saturated carbocycles. The van der Waals surface area contributed by atoms with Crippen molar-refractivity contribution >= 4 is 15.9 Å². The second-order valence-electron chi connectivity index (χ2n) is 3.70. The highest BCUT2D eigenvalue weighted by atomic mass is 79.9. The Labute approximate surface area is 93.7 Å². The summed E-state index contributed by atoms with van der Waals surface area (Å²) in [5, 5.41) is 0. The summed E-state index contributed by atoms with van der Waals surface area (Å²) in [7, 11) is 0. The molecule has 0 radical (unpaired) electrons. The molecule has 0 aliphatic heterocycles. The van der Waals surface area contributed by atoms with Gasteiger partial charge in [0.05, 0.1) is 0 Å². The van der Waals surface area contributed by atoms with E-state index in [0.717, 1.165) is 18.4 Å². The van der Waals surface area contributed by atoms with E-state index in [4.69, 9.17) is 0 Å². The smallest absolute Gasteiger partial charge is 0.126 e. The maximum absolute atomic E-state index is 13.3. The lowest BCUT2D eigenvalue weighted by Gasteiger charge is -2.16. The third-order valence-electron chi connectivity index (χ3n) is 2.51. The van der Waals surface area contributed by atoms with Gasteiger partial charge >= 0.3 is 0 Å². The molecule has 0 saturated heterocycles. The van der Waals surface area contributed by atoms with Gasteiger partial charge in [0.1, 0.15) is 5.82 Å². The molecule has 14 heavy (non-hydrogen) atoms. The minimum absolute atomic E-state index is 0.0878. The lowest BCUT2D eigenvalue weighted by Crippen LogP contribution is -2.13. The van der Waals surface area contributed by atoms with Crippen molar-refractivity contribution in [3.63, 3.8) is 0 Å². The van der Waals surface area contributed by atoms with E-state index in [-0.39, 0.29) is 5.82 Å². The zero-order valence-electron chi connectivity index (χ0n) is 8.63. The standard InChI is InChI=1S/C12H16BrF/c1-3-11(13)9(2)8-10-6-4-5-7-12(10)14/h4-7,9,11H,3,8H2,1-2H3. The number of alkyl halides is 1. The van der Waals surface area contributed by atoms with Crippen LogP contribution in [0.5, 0.6) is 0 Å². The summed E-state index contributed by atoms with van der Waals surface area (Å²) in [4.78, 5) is 0.474. The van der Waals surface area contributed by atoms with Gasteiger partial charge in [0.2, 0.25) is 0 Å². The molecular formula is C12H16BrF. The van der Waals surface area contributed by atoms with Gasteiger partial charge in [0.15, 0.2) is 0 Å². The summed E-state index contributed by atoms with van der Waals surface area (Å²) in [5.41, 5.74) is 0.818. The van der Waals surface area contributed by atoms with Gasteiger partial charge in [0.25, 0.3) is 0 Å². The van der Waals surface area contributed by atoms with E-state index in [9.17, 15) is 4.39 Å². The van der Waals surface area contributed by atoms with Crippen molar-refractivity contribution in [1.29, 1.82) is 0 Å². The summed E-state index contributed by atoms with van der Waals surface area (Å²) in [6.07, 6.45) is 1.88. The second kappa shape index (κ2) is 5.50. The molecule has 2 heteroatoms. The lowest BCUT2D eigenvalue weighted by atomic mass is 9.96. The molecule has 0 nitrogen and oxygen atoms in total. The maximum Gasteiger partial charge on any atom is 0.126 e. The minimum atomic E-state index is -0.0878. The fraction of sp³-hybridized carbons (Fsp3) is 0.500. The molecule has 1 rings (SSSR count). The Morgan fingerprint density at radius 2 is 2.00 bits per heavy atom. The first-order valence-electron chi connectivity index (χ1n) is 5.02. The average molecular weight is 259 g/mol. The summed E-state index contributed by atoms with van der Waals surface area (Å²) in [6.45, 7) is 4.28. The molecule has 0 aromatic heterocycles. The molecule has 0 N–H and O–H groups in total. The zero-order chi connectivity index (χ0) is 10.6. The van der Waals surface area contributed by atoms with Crippen LogP contribution >= 0.6 is 15.9 Å². The van der Waals surface area contributed by atoms with E-state index in [1.54, 1.807) is 6.07 Å². The largest absolute Gasteiger partial charge is 0.207 e. The molecular weight excluding hydrogens is 243 g/mol. The molecule has 2 atom stereocenters. The normalized spacial score (nSPS) is 15.1. The molecule has 0 spiro atoms. The third kappa shape index (κ3) is 3.09. The van der Waals surface area contributed by atoms with E-state index in [0.29, 0.717) is 10.7 Å². The summed E-state index contributed by atoms with van der Waals surface area (Å²) in [5.74, 6) is 0.382. The molecule has 78 valence electrons. The summed E-state index contributed by atoms with van der Waals surface area (Å²) < 4.78 is 13.3. The SMILES string of the molecule is CCC(Br)C(C)Cc1ccccc1F. The van der Waals surface area contributed by atoms with Crippen LogP contribution in [-0.2, 0) is 6.42 Å². The van der Waals surface area contributed by atoms with Gasteiger partial charge in [-0.3, -0.25) is 0 Å². The van der Waals surface area contributed by atoms with Gasteiger partial charge in [0, 0.05) is 4.83 Å². The zero-order valence-corrected chi connectivity index (χ0v) is 10.2. The highest BCUT2D eigenvalue weighted by Crippen LogP contribution is 2.21. The van der Waals surface area contributed by atoms with E-state index in [2.05, 4.69) is 29.8 Å². The molecule has 0 heterocycles. The van der Waals surface area contributed by atoms with Gasteiger partial charge < -0.3 is 0 Å². The molecule has 2 unspecified atom stereocenters. The molecule has 0 amide bonds. The van der Waals surface area contributed by atoms with Crippen LogP contribution in [-0.4, -0.2) is 4.83 Å². The Kier molecular flexibility index (Phi) is 4.59. The van der Waals surface area contributed by atoms with Crippen molar-refractivity contribution < 1.29 is 4.39 Å². The van der Waals surface area contributed by atoms with E-state index in [1.807, 2.05) is 12.1 Å². The van der Waals surface area contributed by atoms with Crippen LogP contribution < -0.4 is 0 Å². The Morgan fingerprint density at radius 1 is 1.36 bits per heavy atom. The topological polar surface area (TPSA) is 0 Å². The minimum Gasteiger partial charge on any atom is -0.207 e. The summed E-state index contributed by atoms with van der Waals surface area (Å²) in [6, 6.07) is 7.01. The van der Waals surface area contributed by atoms with Crippen molar-refractivity contribution in [2.24, 2.45) is 5.92 Å². The van der Waals surface area contributed by atoms with Crippen molar-refractivity contribution in [2.45, 2.75) is 31.5 Å². The quantitative estimate of drug-likeness (QED) is 0.711. The Bertz CT molecular complexity index is 285. The predicted octanol–water partition coefficient (Wildman–Crippen LogP) is 4.18. The predicted molar refractivity (Wildman–Crippen MR) is 62.3 cm³/mol. The molecule has 1 aromatic rings. The highest BCUT2D eigenvalue weighted by molar-refractivity contribution is 9.09. The molecule has 1 aromatic carbocycles. The monoisotopic (exact) mass is 258 g/mol. The lowest BCUT2D eigenvalue weighted by molar-refractivity contribution is 0.522. The number of benzene rings is 1. The molecule has 0 bridgehead atoms. The van der Waals surface area contributed by atoms with Gasteiger partial charge in [-0.05, 0) is 30.4 Å². The molecule has 0 aliphatic carbocycles. The Balaban J connectivity index is 2.64. The van der Waals surface area contributed by atoms with Crippen molar-refractivity contribution in [1.82, 2.24) is 0 Å². The van der Waals surface area contributed by atoms with Crippen LogP contribution in [0.25, 0.3) is 0 Å². The van der Waals surface area contributed by atoms with Gasteiger partial charge in [-0.25, -0.2) is 4.39 Å². The van der Waals surface area contributed by atoms with Crippen LogP contribution in [0, 0.1) is 11.7 Å². The fourth-order valence-electron chi connectivity index (χ4n) is 1.54. The first-order valence-corrected chi connectivity index (χ1v) is 5.94. The van der Waals surface area contributed by atoms with Crippen molar-refractivity contribution in [2.75, 3.05) is 0 Å². The highest BCUT2D eigenvalue weighted by Gasteiger charge is 2.13. The number of rotatable bonds is 4. The Morgan fingerprint density at radius 3 is 2.57 bits per heavy atom. The van der Waals surface area contributed by atoms with Gasteiger partial charge in [-0.15, -0.1) is 0 Å². The van der Waals surface area contributed by atoms with Crippen molar-refractivity contribution in [3.05, 3.63) is 35.6 Å².